The number of halogens is 2. The van der Waals surface area contributed by atoms with Crippen LogP contribution in [-0.2, 0) is 11.3 Å². The number of anilines is 1. The van der Waals surface area contributed by atoms with Gasteiger partial charge in [-0.15, -0.1) is 11.8 Å². The van der Waals surface area contributed by atoms with E-state index in [2.05, 4.69) is 5.32 Å². The molecule has 7 heteroatoms. The van der Waals surface area contributed by atoms with E-state index in [0.717, 1.165) is 51.6 Å². The molecule has 0 saturated heterocycles. The van der Waals surface area contributed by atoms with Gasteiger partial charge in [-0.3, -0.25) is 5.32 Å². The first-order chi connectivity index (χ1) is 13.0. The fourth-order valence-corrected chi connectivity index (χ4v) is 4.25. The second kappa shape index (κ2) is 9.09. The van der Waals surface area contributed by atoms with Crippen molar-refractivity contribution in [3.8, 4) is 5.75 Å². The van der Waals surface area contributed by atoms with Gasteiger partial charge in [0.25, 0.3) is 0 Å². The van der Waals surface area contributed by atoms with Crippen LogP contribution in [0.4, 0.5) is 10.5 Å². The number of fused-ring (bicyclic) bond motifs is 1. The van der Waals surface area contributed by atoms with E-state index < -0.39 is 6.09 Å². The van der Waals surface area contributed by atoms with Crippen molar-refractivity contribution in [3.63, 3.8) is 0 Å². The third-order valence-corrected chi connectivity index (χ3v) is 6.19. The maximum atomic E-state index is 11.4. The molecule has 0 fully saturated rings. The number of amides is 1. The summed E-state index contributed by atoms with van der Waals surface area (Å²) in [6.45, 7) is 4.92. The van der Waals surface area contributed by atoms with E-state index in [1.54, 1.807) is 11.8 Å². The van der Waals surface area contributed by atoms with Crippen molar-refractivity contribution >= 4 is 46.7 Å². The summed E-state index contributed by atoms with van der Waals surface area (Å²) in [4.78, 5) is 12.5. The first-order valence-electron chi connectivity index (χ1n) is 8.73. The lowest BCUT2D eigenvalue weighted by Gasteiger charge is -2.23. The molecule has 1 aliphatic heterocycles. The van der Waals surface area contributed by atoms with E-state index in [-0.39, 0.29) is 6.61 Å². The predicted molar refractivity (Wildman–Crippen MR) is 112 cm³/mol. The number of unbranched alkanes of at least 4 members (excludes halogenated alkanes) is 1. The summed E-state index contributed by atoms with van der Waals surface area (Å²) in [6.07, 6.45) is 1.58. The number of aryl methyl sites for hydroxylation is 1. The summed E-state index contributed by atoms with van der Waals surface area (Å²) >= 11 is 13.7. The van der Waals surface area contributed by atoms with Gasteiger partial charge >= 0.3 is 6.09 Å². The van der Waals surface area contributed by atoms with Crippen molar-refractivity contribution in [1.29, 1.82) is 0 Å². The molecule has 0 atom stereocenters. The number of rotatable bonds is 7. The Morgan fingerprint density at radius 1 is 1.19 bits per heavy atom. The highest BCUT2D eigenvalue weighted by Crippen LogP contribution is 2.35. The van der Waals surface area contributed by atoms with Crippen molar-refractivity contribution < 1.29 is 14.3 Å². The number of nitrogens with one attached hydrogen (secondary N) is 1. The number of carbonyl (C=O) groups is 1. The van der Waals surface area contributed by atoms with E-state index in [4.69, 9.17) is 32.7 Å². The Kier molecular flexibility index (Phi) is 6.79. The summed E-state index contributed by atoms with van der Waals surface area (Å²) in [5.41, 5.74) is 3.82. The molecule has 1 heterocycles. The molecular weight excluding hydrogens is 405 g/mol. The molecule has 27 heavy (non-hydrogen) atoms. The van der Waals surface area contributed by atoms with Crippen LogP contribution in [0.1, 0.15) is 29.5 Å². The van der Waals surface area contributed by atoms with Gasteiger partial charge in [0.2, 0.25) is 0 Å². The minimum Gasteiger partial charge on any atom is -0.493 e. The molecule has 0 spiro atoms. The van der Waals surface area contributed by atoms with Crippen LogP contribution in [0.15, 0.2) is 29.2 Å². The van der Waals surface area contributed by atoms with Gasteiger partial charge in [0.1, 0.15) is 12.4 Å². The van der Waals surface area contributed by atoms with Gasteiger partial charge in [0.15, 0.2) is 0 Å². The molecule has 3 rings (SSSR count). The highest BCUT2D eigenvalue weighted by Gasteiger charge is 2.21. The topological polar surface area (TPSA) is 47.6 Å². The first kappa shape index (κ1) is 20.2. The normalized spacial score (nSPS) is 13.0. The molecule has 0 aromatic heterocycles. The Morgan fingerprint density at radius 3 is 2.78 bits per heavy atom. The lowest BCUT2D eigenvalue weighted by Crippen LogP contribution is -2.21. The Bertz CT molecular complexity index is 858. The Morgan fingerprint density at radius 2 is 2.00 bits per heavy atom. The standard InChI is InChI=1S/C20H21Cl2NO3S/c1-12-9-18-15(11-26-20(24)23-18)13(2)19(12)25-7-3-4-8-27-14-5-6-16(21)17(22)10-14/h5-6,9-10H,3-4,7-8,11H2,1-2H3,(H,23,24). The smallest absolute Gasteiger partial charge is 0.411 e. The predicted octanol–water partition coefficient (Wildman–Crippen LogP) is 6.62. The van der Waals surface area contributed by atoms with Gasteiger partial charge in [-0.1, -0.05) is 23.2 Å². The molecule has 4 nitrogen and oxygen atoms in total. The van der Waals surface area contributed by atoms with Crippen molar-refractivity contribution in [2.45, 2.75) is 38.2 Å². The highest BCUT2D eigenvalue weighted by molar-refractivity contribution is 7.99. The van der Waals surface area contributed by atoms with Gasteiger partial charge in [-0.2, -0.15) is 0 Å². The second-order valence-corrected chi connectivity index (χ2v) is 8.34. The van der Waals surface area contributed by atoms with E-state index in [1.165, 1.54) is 0 Å². The maximum absolute atomic E-state index is 11.4. The number of carbonyl (C=O) groups excluding carboxylic acids is 1. The lowest BCUT2D eigenvalue weighted by molar-refractivity contribution is 0.151. The van der Waals surface area contributed by atoms with Gasteiger partial charge in [-0.05, 0) is 67.8 Å². The van der Waals surface area contributed by atoms with Crippen LogP contribution in [0.3, 0.4) is 0 Å². The fraction of sp³-hybridized carbons (Fsp3) is 0.350. The number of ether oxygens (including phenoxy) is 2. The lowest BCUT2D eigenvalue weighted by atomic mass is 10.0. The van der Waals surface area contributed by atoms with Gasteiger partial charge in [-0.25, -0.2) is 4.79 Å². The summed E-state index contributed by atoms with van der Waals surface area (Å²) < 4.78 is 11.1. The zero-order valence-corrected chi connectivity index (χ0v) is 17.6. The minimum atomic E-state index is -0.408. The minimum absolute atomic E-state index is 0.282. The van der Waals surface area contributed by atoms with Crippen molar-refractivity contribution in [2.24, 2.45) is 0 Å². The first-order valence-corrected chi connectivity index (χ1v) is 10.5. The van der Waals surface area contributed by atoms with E-state index in [0.29, 0.717) is 16.7 Å². The molecule has 0 saturated carbocycles. The van der Waals surface area contributed by atoms with Gasteiger partial charge in [0.05, 0.1) is 22.3 Å². The summed E-state index contributed by atoms with van der Waals surface area (Å²) in [6, 6.07) is 7.64. The van der Waals surface area contributed by atoms with Crippen LogP contribution in [0.2, 0.25) is 10.0 Å². The zero-order chi connectivity index (χ0) is 19.4. The van der Waals surface area contributed by atoms with Crippen LogP contribution >= 0.6 is 35.0 Å². The van der Waals surface area contributed by atoms with E-state index in [9.17, 15) is 4.79 Å². The molecule has 2 aromatic rings. The third-order valence-electron chi connectivity index (χ3n) is 4.37. The van der Waals surface area contributed by atoms with Gasteiger partial charge in [0, 0.05) is 10.5 Å². The molecule has 1 amide bonds. The Balaban J connectivity index is 1.48. The molecule has 1 N–H and O–H groups in total. The molecular formula is C20H21Cl2NO3S. The van der Waals surface area contributed by atoms with Crippen molar-refractivity contribution in [3.05, 3.63) is 51.0 Å². The van der Waals surface area contributed by atoms with Crippen LogP contribution < -0.4 is 10.1 Å². The average Bonchev–Trinajstić information content (AvgIpc) is 2.62. The molecule has 144 valence electrons. The number of thioether (sulfide) groups is 1. The van der Waals surface area contributed by atoms with Crippen molar-refractivity contribution in [2.75, 3.05) is 17.7 Å². The molecule has 0 unspecified atom stereocenters. The monoisotopic (exact) mass is 425 g/mol. The zero-order valence-electron chi connectivity index (χ0n) is 15.2. The van der Waals surface area contributed by atoms with Crippen LogP contribution in [0, 0.1) is 13.8 Å². The maximum Gasteiger partial charge on any atom is 0.411 e. The Hall–Kier alpha value is -1.56. The number of hydrogen-bond donors (Lipinski definition) is 1. The highest BCUT2D eigenvalue weighted by atomic mass is 35.5. The summed E-state index contributed by atoms with van der Waals surface area (Å²) in [5, 5.41) is 3.90. The third kappa shape index (κ3) is 5.03. The number of hydrogen-bond acceptors (Lipinski definition) is 4. The van der Waals surface area contributed by atoms with Crippen LogP contribution in [0.5, 0.6) is 5.75 Å². The van der Waals surface area contributed by atoms with Gasteiger partial charge < -0.3 is 9.47 Å². The molecule has 0 radical (unpaired) electrons. The Labute approximate surface area is 173 Å². The molecule has 2 aromatic carbocycles. The van der Waals surface area contributed by atoms with E-state index in [1.807, 2.05) is 38.1 Å². The SMILES string of the molecule is Cc1cc2c(c(C)c1OCCCCSc1ccc(Cl)c(Cl)c1)COC(=O)N2. The van der Waals surface area contributed by atoms with Crippen LogP contribution in [-0.4, -0.2) is 18.5 Å². The summed E-state index contributed by atoms with van der Waals surface area (Å²) in [5.74, 6) is 1.87. The summed E-state index contributed by atoms with van der Waals surface area (Å²) in [7, 11) is 0. The molecule has 0 aliphatic carbocycles. The van der Waals surface area contributed by atoms with Crippen molar-refractivity contribution in [1.82, 2.24) is 0 Å². The van der Waals surface area contributed by atoms with Crippen LogP contribution in [0.25, 0.3) is 0 Å². The number of cyclic esters (lactones) is 1. The number of benzene rings is 2. The molecule has 1 aliphatic rings. The quantitative estimate of drug-likeness (QED) is 0.399. The van der Waals surface area contributed by atoms with E-state index >= 15 is 0 Å². The second-order valence-electron chi connectivity index (χ2n) is 6.35. The average molecular weight is 426 g/mol. The molecule has 0 bridgehead atoms. The fourth-order valence-electron chi connectivity index (χ4n) is 2.94. The largest absolute Gasteiger partial charge is 0.493 e.